The van der Waals surface area contributed by atoms with Crippen molar-refractivity contribution in [2.75, 3.05) is 13.1 Å². The van der Waals surface area contributed by atoms with Crippen LogP contribution in [0.4, 0.5) is 0 Å². The number of hydrogen-bond acceptors (Lipinski definition) is 3. The average Bonchev–Trinajstić information content (AvgIpc) is 2.65. The first kappa shape index (κ1) is 9.74. The van der Waals surface area contributed by atoms with Gasteiger partial charge >= 0.3 is 0 Å². The quantitative estimate of drug-likeness (QED) is 0.751. The van der Waals surface area contributed by atoms with Crippen molar-refractivity contribution in [3.8, 4) is 0 Å². The lowest BCUT2D eigenvalue weighted by Crippen LogP contribution is -2.37. The van der Waals surface area contributed by atoms with E-state index >= 15 is 0 Å². The first-order valence-electron chi connectivity index (χ1n) is 5.31. The molecule has 1 fully saturated rings. The summed E-state index contributed by atoms with van der Waals surface area (Å²) in [6, 6.07) is 4.39. The van der Waals surface area contributed by atoms with Crippen LogP contribution in [0, 0.1) is 12.8 Å². The lowest BCUT2D eigenvalue weighted by molar-refractivity contribution is 0.254. The van der Waals surface area contributed by atoms with Crippen molar-refractivity contribution >= 4 is 0 Å². The van der Waals surface area contributed by atoms with Crippen LogP contribution >= 0.6 is 0 Å². The van der Waals surface area contributed by atoms with Crippen molar-refractivity contribution < 1.29 is 4.42 Å². The Morgan fingerprint density at radius 3 is 3.07 bits per heavy atom. The van der Waals surface area contributed by atoms with Gasteiger partial charge in [-0.2, -0.15) is 0 Å². The van der Waals surface area contributed by atoms with E-state index in [2.05, 4.69) is 11.4 Å². The van der Waals surface area contributed by atoms with Crippen LogP contribution in [-0.4, -0.2) is 13.1 Å². The molecule has 0 aliphatic carbocycles. The lowest BCUT2D eigenvalue weighted by atomic mass is 9.89. The minimum atomic E-state index is 0.322. The molecule has 1 aliphatic heterocycles. The molecule has 1 aliphatic rings. The van der Waals surface area contributed by atoms with Crippen LogP contribution in [0.25, 0.3) is 0 Å². The van der Waals surface area contributed by atoms with E-state index in [1.807, 2.05) is 13.0 Å². The van der Waals surface area contributed by atoms with Crippen molar-refractivity contribution in [1.29, 1.82) is 0 Å². The Hall–Kier alpha value is -0.800. The molecular weight excluding hydrogens is 176 g/mol. The highest BCUT2D eigenvalue weighted by molar-refractivity contribution is 5.11. The molecule has 3 N–H and O–H groups in total. The van der Waals surface area contributed by atoms with E-state index in [4.69, 9.17) is 10.2 Å². The minimum Gasteiger partial charge on any atom is -0.465 e. The molecule has 2 heterocycles. The predicted octanol–water partition coefficient (Wildman–Crippen LogP) is 1.59. The third-order valence-electron chi connectivity index (χ3n) is 2.96. The van der Waals surface area contributed by atoms with Crippen LogP contribution in [0.5, 0.6) is 0 Å². The third-order valence-corrected chi connectivity index (χ3v) is 2.96. The number of hydrogen-bond donors (Lipinski definition) is 2. The van der Waals surface area contributed by atoms with E-state index in [0.29, 0.717) is 12.0 Å². The van der Waals surface area contributed by atoms with E-state index in [0.717, 1.165) is 24.6 Å². The molecule has 0 saturated carbocycles. The average molecular weight is 194 g/mol. The molecular formula is C11H18N2O. The van der Waals surface area contributed by atoms with Crippen molar-refractivity contribution in [2.24, 2.45) is 11.7 Å². The summed E-state index contributed by atoms with van der Waals surface area (Å²) < 4.78 is 5.64. The lowest BCUT2D eigenvalue weighted by Gasteiger charge is -2.30. The van der Waals surface area contributed by atoms with Crippen LogP contribution in [0.3, 0.4) is 0 Å². The van der Waals surface area contributed by atoms with Gasteiger partial charge in [0.2, 0.25) is 0 Å². The van der Waals surface area contributed by atoms with Gasteiger partial charge in [-0.25, -0.2) is 0 Å². The molecule has 0 aromatic carbocycles. The molecule has 0 bridgehead atoms. The zero-order valence-electron chi connectivity index (χ0n) is 8.62. The van der Waals surface area contributed by atoms with E-state index in [1.54, 1.807) is 0 Å². The van der Waals surface area contributed by atoms with E-state index in [-0.39, 0.29) is 0 Å². The number of furan rings is 1. The van der Waals surface area contributed by atoms with Gasteiger partial charge in [0.15, 0.2) is 0 Å². The van der Waals surface area contributed by atoms with Crippen molar-refractivity contribution in [1.82, 2.24) is 5.32 Å². The third kappa shape index (κ3) is 1.83. The van der Waals surface area contributed by atoms with Crippen LogP contribution in [-0.2, 0) is 0 Å². The molecule has 1 saturated heterocycles. The summed E-state index contributed by atoms with van der Waals surface area (Å²) in [6.07, 6.45) is 2.42. The number of rotatable bonds is 2. The summed E-state index contributed by atoms with van der Waals surface area (Å²) in [5.74, 6) is 2.54. The first-order valence-corrected chi connectivity index (χ1v) is 5.31. The molecule has 3 heteroatoms. The van der Waals surface area contributed by atoms with Gasteiger partial charge in [0.05, 0.1) is 6.04 Å². The summed E-state index contributed by atoms with van der Waals surface area (Å²) in [5.41, 5.74) is 5.76. The highest BCUT2D eigenvalue weighted by Crippen LogP contribution is 2.29. The topological polar surface area (TPSA) is 51.2 Å². The summed E-state index contributed by atoms with van der Waals surface area (Å²) >= 11 is 0. The number of nitrogens with two attached hydrogens (primary N) is 1. The van der Waals surface area contributed by atoms with E-state index in [1.165, 1.54) is 12.8 Å². The Bertz CT molecular complexity index is 295. The molecule has 0 unspecified atom stereocenters. The van der Waals surface area contributed by atoms with Crippen LogP contribution in [0.15, 0.2) is 16.5 Å². The molecule has 2 atom stereocenters. The second-order valence-electron chi connectivity index (χ2n) is 4.02. The SMILES string of the molecule is Cc1ccc([C@@H]2NCCC[C@H]2CN)o1. The Kier molecular flexibility index (Phi) is 2.89. The molecule has 78 valence electrons. The van der Waals surface area contributed by atoms with Crippen LogP contribution in [0.1, 0.15) is 30.4 Å². The predicted molar refractivity (Wildman–Crippen MR) is 56.0 cm³/mol. The fourth-order valence-corrected chi connectivity index (χ4v) is 2.16. The molecule has 0 spiro atoms. The fourth-order valence-electron chi connectivity index (χ4n) is 2.16. The number of piperidine rings is 1. The van der Waals surface area contributed by atoms with Gasteiger partial charge in [0, 0.05) is 0 Å². The Morgan fingerprint density at radius 1 is 1.57 bits per heavy atom. The summed E-state index contributed by atoms with van der Waals surface area (Å²) in [7, 11) is 0. The maximum absolute atomic E-state index is 5.76. The van der Waals surface area contributed by atoms with Gasteiger partial charge in [-0.3, -0.25) is 0 Å². The van der Waals surface area contributed by atoms with Gasteiger partial charge in [-0.05, 0) is 50.9 Å². The molecule has 14 heavy (non-hydrogen) atoms. The van der Waals surface area contributed by atoms with Crippen molar-refractivity contribution in [3.05, 3.63) is 23.7 Å². The zero-order valence-corrected chi connectivity index (χ0v) is 8.62. The monoisotopic (exact) mass is 194 g/mol. The second-order valence-corrected chi connectivity index (χ2v) is 4.02. The maximum Gasteiger partial charge on any atom is 0.121 e. The molecule has 0 radical (unpaired) electrons. The van der Waals surface area contributed by atoms with Gasteiger partial charge < -0.3 is 15.5 Å². The Labute approximate surface area is 84.7 Å². The van der Waals surface area contributed by atoms with Crippen LogP contribution in [0.2, 0.25) is 0 Å². The molecule has 2 rings (SSSR count). The highest BCUT2D eigenvalue weighted by Gasteiger charge is 2.26. The van der Waals surface area contributed by atoms with Crippen molar-refractivity contribution in [3.63, 3.8) is 0 Å². The second kappa shape index (κ2) is 4.15. The highest BCUT2D eigenvalue weighted by atomic mass is 16.3. The number of nitrogens with one attached hydrogen (secondary N) is 1. The maximum atomic E-state index is 5.76. The largest absolute Gasteiger partial charge is 0.465 e. The minimum absolute atomic E-state index is 0.322. The van der Waals surface area contributed by atoms with Crippen molar-refractivity contribution in [2.45, 2.75) is 25.8 Å². The molecule has 1 aromatic heterocycles. The molecule has 1 aromatic rings. The first-order chi connectivity index (χ1) is 6.81. The molecule has 3 nitrogen and oxygen atoms in total. The van der Waals surface area contributed by atoms with Gasteiger partial charge in [-0.1, -0.05) is 0 Å². The summed E-state index contributed by atoms with van der Waals surface area (Å²) in [6.45, 7) is 3.78. The zero-order chi connectivity index (χ0) is 9.97. The van der Waals surface area contributed by atoms with Gasteiger partial charge in [-0.15, -0.1) is 0 Å². The fraction of sp³-hybridized carbons (Fsp3) is 0.636. The smallest absolute Gasteiger partial charge is 0.121 e. The Balaban J connectivity index is 2.14. The number of aryl methyl sites for hydroxylation is 1. The summed E-state index contributed by atoms with van der Waals surface area (Å²) in [4.78, 5) is 0. The Morgan fingerprint density at radius 2 is 2.43 bits per heavy atom. The van der Waals surface area contributed by atoms with Gasteiger partial charge in [0.1, 0.15) is 11.5 Å². The van der Waals surface area contributed by atoms with Crippen LogP contribution < -0.4 is 11.1 Å². The van der Waals surface area contributed by atoms with E-state index < -0.39 is 0 Å². The summed E-state index contributed by atoms with van der Waals surface area (Å²) in [5, 5.41) is 3.48. The van der Waals surface area contributed by atoms with E-state index in [9.17, 15) is 0 Å². The standard InChI is InChI=1S/C11H18N2O/c1-8-4-5-10(14-8)11-9(7-12)3-2-6-13-11/h4-5,9,11,13H,2-3,6-7,12H2,1H3/t9-,11+/m0/s1. The van der Waals surface area contributed by atoms with Gasteiger partial charge in [0.25, 0.3) is 0 Å². The normalized spacial score (nSPS) is 27.9. The molecule has 0 amide bonds.